The van der Waals surface area contributed by atoms with Crippen molar-refractivity contribution in [2.75, 3.05) is 0 Å². The largest absolute Gasteiger partial charge is 0.308 e. The van der Waals surface area contributed by atoms with Gasteiger partial charge < -0.3 is 9.13 Å². The molecule has 1 aliphatic rings. The summed E-state index contributed by atoms with van der Waals surface area (Å²) in [6, 6.07) is 63.3. The summed E-state index contributed by atoms with van der Waals surface area (Å²) in [5.74, 6) is 0. The first-order valence-corrected chi connectivity index (χ1v) is 20.3. The molecule has 0 saturated carbocycles. The lowest BCUT2D eigenvalue weighted by Gasteiger charge is -2.34. The molecular weight excluding hydrogens is 689 g/mol. The standard InChI is InChI=1S/C55H40N2/c1-55(2,51-39-23-3-7-27-43(39)53(44-28-8-4-24-40(44)51)56-47-31-15-11-19-35(47)36-20-12-16-32-48(36)56)52-41-25-5-9-29-45(41)54(46-30-10-6-26-42(46)52)57-49-33-17-13-21-37(49)38-22-14-18-34-50(38)57/h3-13,15-21,23-34H,14,22H2,1-2H3. The second kappa shape index (κ2) is 12.0. The highest BCUT2D eigenvalue weighted by atomic mass is 15.0. The summed E-state index contributed by atoms with van der Waals surface area (Å²) >= 11 is 0. The highest BCUT2D eigenvalue weighted by Gasteiger charge is 2.34. The molecular formula is C55H40N2. The third kappa shape index (κ3) is 4.41. The van der Waals surface area contributed by atoms with Crippen molar-refractivity contribution in [3.8, 4) is 11.4 Å². The lowest BCUT2D eigenvalue weighted by atomic mass is 9.70. The van der Waals surface area contributed by atoms with E-state index in [1.54, 1.807) is 0 Å². The van der Waals surface area contributed by atoms with E-state index in [-0.39, 0.29) is 0 Å². The van der Waals surface area contributed by atoms with Gasteiger partial charge in [-0.3, -0.25) is 0 Å². The first kappa shape index (κ1) is 32.4. The number of allylic oxidation sites excluding steroid dienone is 1. The van der Waals surface area contributed by atoms with Crippen molar-refractivity contribution >= 4 is 81.9 Å². The number of para-hydroxylation sites is 3. The molecule has 57 heavy (non-hydrogen) atoms. The summed E-state index contributed by atoms with van der Waals surface area (Å²) in [6.07, 6.45) is 6.84. The Morgan fingerprint density at radius 1 is 0.368 bits per heavy atom. The summed E-state index contributed by atoms with van der Waals surface area (Å²) in [6.45, 7) is 4.93. The van der Waals surface area contributed by atoms with E-state index in [9.17, 15) is 0 Å². The van der Waals surface area contributed by atoms with Crippen LogP contribution in [-0.4, -0.2) is 9.13 Å². The monoisotopic (exact) mass is 728 g/mol. The molecule has 9 aromatic carbocycles. The molecule has 2 heterocycles. The Hall–Kier alpha value is -6.90. The molecule has 0 aliphatic heterocycles. The molecule has 0 fully saturated rings. The smallest absolute Gasteiger partial charge is 0.0619 e. The van der Waals surface area contributed by atoms with Gasteiger partial charge in [-0.25, -0.2) is 0 Å². The number of rotatable bonds is 4. The van der Waals surface area contributed by atoms with Gasteiger partial charge in [0.2, 0.25) is 0 Å². The highest BCUT2D eigenvalue weighted by Crippen LogP contribution is 2.51. The molecule has 0 bridgehead atoms. The third-order valence-corrected chi connectivity index (χ3v) is 12.9. The Kier molecular flexibility index (Phi) is 6.84. The minimum absolute atomic E-state index is 0.408. The lowest BCUT2D eigenvalue weighted by molar-refractivity contribution is 0.665. The predicted molar refractivity (Wildman–Crippen MR) is 244 cm³/mol. The van der Waals surface area contributed by atoms with E-state index >= 15 is 0 Å². The highest BCUT2D eigenvalue weighted by molar-refractivity contribution is 6.18. The van der Waals surface area contributed by atoms with Crippen molar-refractivity contribution in [1.82, 2.24) is 9.13 Å². The average Bonchev–Trinajstić information content (AvgIpc) is 3.77. The fraction of sp³-hybridized carbons (Fsp3) is 0.0909. The van der Waals surface area contributed by atoms with Gasteiger partial charge in [0.05, 0.1) is 27.9 Å². The molecule has 2 aromatic heterocycles. The SMILES string of the molecule is CC(C)(c1c2ccccc2c(-n2c3c(c4ccccc42)CCC=C3)c2ccccc12)c1c2ccccc2c(-n2c3ccccc3c3ccccc32)c2ccccc12. The van der Waals surface area contributed by atoms with Crippen LogP contribution in [0.1, 0.15) is 42.7 Å². The van der Waals surface area contributed by atoms with Gasteiger partial charge in [0.1, 0.15) is 0 Å². The second-order valence-electron chi connectivity index (χ2n) is 16.3. The Morgan fingerprint density at radius 3 is 1.14 bits per heavy atom. The van der Waals surface area contributed by atoms with E-state index in [1.165, 1.54) is 110 Å². The van der Waals surface area contributed by atoms with Gasteiger partial charge in [0, 0.05) is 48.8 Å². The minimum Gasteiger partial charge on any atom is -0.308 e. The van der Waals surface area contributed by atoms with Gasteiger partial charge in [0.25, 0.3) is 0 Å². The quantitative estimate of drug-likeness (QED) is 0.160. The molecule has 270 valence electrons. The fourth-order valence-electron chi connectivity index (χ4n) is 10.8. The van der Waals surface area contributed by atoms with E-state index in [0.717, 1.165) is 12.8 Å². The van der Waals surface area contributed by atoms with Crippen LogP contribution in [0.15, 0.2) is 176 Å². The number of hydrogen-bond donors (Lipinski definition) is 0. The average molecular weight is 729 g/mol. The number of aryl methyl sites for hydroxylation is 1. The molecule has 0 amide bonds. The van der Waals surface area contributed by atoms with Gasteiger partial charge in [-0.2, -0.15) is 0 Å². The predicted octanol–water partition coefficient (Wildman–Crippen LogP) is 14.6. The third-order valence-electron chi connectivity index (χ3n) is 12.9. The molecule has 2 nitrogen and oxygen atoms in total. The van der Waals surface area contributed by atoms with Gasteiger partial charge >= 0.3 is 0 Å². The van der Waals surface area contributed by atoms with E-state index < -0.39 is 5.41 Å². The molecule has 11 aromatic rings. The normalized spacial score (nSPS) is 13.2. The van der Waals surface area contributed by atoms with Crippen molar-refractivity contribution < 1.29 is 0 Å². The maximum absolute atomic E-state index is 2.56. The molecule has 0 spiro atoms. The Balaban J connectivity index is 1.21. The first-order valence-electron chi connectivity index (χ1n) is 20.3. The molecule has 0 radical (unpaired) electrons. The van der Waals surface area contributed by atoms with Gasteiger partial charge in [-0.05, 0) is 75.4 Å². The van der Waals surface area contributed by atoms with Crippen LogP contribution in [-0.2, 0) is 11.8 Å². The van der Waals surface area contributed by atoms with Gasteiger partial charge in [0.15, 0.2) is 0 Å². The van der Waals surface area contributed by atoms with Crippen molar-refractivity contribution in [1.29, 1.82) is 0 Å². The summed E-state index contributed by atoms with van der Waals surface area (Å²) in [5.41, 5.74) is 11.3. The van der Waals surface area contributed by atoms with Crippen molar-refractivity contribution in [2.45, 2.75) is 32.1 Å². The van der Waals surface area contributed by atoms with E-state index in [2.05, 4.69) is 205 Å². The summed E-state index contributed by atoms with van der Waals surface area (Å²) < 4.78 is 5.08. The summed E-state index contributed by atoms with van der Waals surface area (Å²) in [5, 5.41) is 14.1. The molecule has 1 aliphatic carbocycles. The van der Waals surface area contributed by atoms with Crippen molar-refractivity contribution in [3.05, 3.63) is 198 Å². The lowest BCUT2D eigenvalue weighted by Crippen LogP contribution is -2.22. The van der Waals surface area contributed by atoms with E-state index in [4.69, 9.17) is 0 Å². The van der Waals surface area contributed by atoms with Crippen molar-refractivity contribution in [2.24, 2.45) is 0 Å². The van der Waals surface area contributed by atoms with Crippen LogP contribution in [0.4, 0.5) is 0 Å². The van der Waals surface area contributed by atoms with Crippen LogP contribution in [0.5, 0.6) is 0 Å². The summed E-state index contributed by atoms with van der Waals surface area (Å²) in [4.78, 5) is 0. The zero-order chi connectivity index (χ0) is 37.8. The van der Waals surface area contributed by atoms with Crippen molar-refractivity contribution in [3.63, 3.8) is 0 Å². The minimum atomic E-state index is -0.408. The number of nitrogens with zero attached hydrogens (tertiary/aromatic N) is 2. The zero-order valence-electron chi connectivity index (χ0n) is 32.1. The van der Waals surface area contributed by atoms with E-state index in [1.807, 2.05) is 0 Å². The zero-order valence-corrected chi connectivity index (χ0v) is 32.1. The molecule has 0 unspecified atom stereocenters. The van der Waals surface area contributed by atoms with E-state index in [0.29, 0.717) is 0 Å². The Bertz CT molecular complexity index is 3330. The number of aromatic nitrogens is 2. The van der Waals surface area contributed by atoms with Gasteiger partial charge in [-0.15, -0.1) is 0 Å². The Labute approximate surface area is 331 Å². The fourth-order valence-corrected chi connectivity index (χ4v) is 10.8. The number of hydrogen-bond acceptors (Lipinski definition) is 0. The maximum Gasteiger partial charge on any atom is 0.0619 e. The van der Waals surface area contributed by atoms with Crippen LogP contribution in [0.3, 0.4) is 0 Å². The second-order valence-corrected chi connectivity index (χ2v) is 16.3. The number of fused-ring (bicyclic) bond motifs is 10. The topological polar surface area (TPSA) is 9.86 Å². The van der Waals surface area contributed by atoms with Crippen LogP contribution < -0.4 is 0 Å². The van der Waals surface area contributed by atoms with Crippen LogP contribution in [0, 0.1) is 0 Å². The molecule has 0 N–H and O–H groups in total. The van der Waals surface area contributed by atoms with Gasteiger partial charge in [-0.1, -0.05) is 172 Å². The number of benzene rings is 9. The van der Waals surface area contributed by atoms with Crippen LogP contribution in [0.2, 0.25) is 0 Å². The van der Waals surface area contributed by atoms with Crippen LogP contribution in [0.25, 0.3) is 93.2 Å². The maximum atomic E-state index is 2.56. The first-order chi connectivity index (χ1) is 28.1. The molecule has 0 saturated heterocycles. The summed E-state index contributed by atoms with van der Waals surface area (Å²) in [7, 11) is 0. The molecule has 2 heteroatoms. The molecule has 0 atom stereocenters. The van der Waals surface area contributed by atoms with Crippen LogP contribution >= 0.6 is 0 Å². The Morgan fingerprint density at radius 2 is 0.702 bits per heavy atom. The molecule has 12 rings (SSSR count).